The van der Waals surface area contributed by atoms with Crippen LogP contribution in [0, 0.1) is 6.92 Å². The number of fused-ring (bicyclic) bond motifs is 1. The molecule has 118 valence electrons. The van der Waals surface area contributed by atoms with Gasteiger partial charge in [-0.25, -0.2) is 9.67 Å². The van der Waals surface area contributed by atoms with E-state index in [0.717, 1.165) is 36.6 Å². The van der Waals surface area contributed by atoms with Gasteiger partial charge in [-0.15, -0.1) is 0 Å². The Morgan fingerprint density at radius 2 is 2.35 bits per heavy atom. The zero-order valence-corrected chi connectivity index (χ0v) is 12.8. The minimum Gasteiger partial charge on any atom is -0.338 e. The van der Waals surface area contributed by atoms with Gasteiger partial charge >= 0.3 is 0 Å². The predicted octanol–water partition coefficient (Wildman–Crippen LogP) is 1.14. The lowest BCUT2D eigenvalue weighted by atomic mass is 10.1. The Hall–Kier alpha value is -2.61. The van der Waals surface area contributed by atoms with Gasteiger partial charge in [0.25, 0.3) is 0 Å². The number of pyridine rings is 1. The SMILES string of the molecule is Cc1nc2n(n1)CC(NCc1nc(-c3cccnc3)no1)CC2. The van der Waals surface area contributed by atoms with E-state index in [1.54, 1.807) is 12.4 Å². The van der Waals surface area contributed by atoms with Gasteiger partial charge in [-0.3, -0.25) is 4.98 Å². The minimum absolute atomic E-state index is 0.331. The zero-order chi connectivity index (χ0) is 15.6. The molecule has 0 spiro atoms. The van der Waals surface area contributed by atoms with E-state index in [1.807, 2.05) is 23.7 Å². The minimum atomic E-state index is 0.331. The molecular weight excluding hydrogens is 294 g/mol. The molecule has 1 unspecified atom stereocenters. The van der Waals surface area contributed by atoms with E-state index in [0.29, 0.717) is 24.3 Å². The van der Waals surface area contributed by atoms with Crippen molar-refractivity contribution < 1.29 is 4.52 Å². The lowest BCUT2D eigenvalue weighted by Crippen LogP contribution is -2.37. The van der Waals surface area contributed by atoms with Gasteiger partial charge in [-0.2, -0.15) is 10.1 Å². The van der Waals surface area contributed by atoms with Crippen LogP contribution in [0.4, 0.5) is 0 Å². The molecule has 3 aromatic rings. The number of nitrogens with zero attached hydrogens (tertiary/aromatic N) is 6. The number of aromatic nitrogens is 6. The Kier molecular flexibility index (Phi) is 3.58. The first-order valence-electron chi connectivity index (χ1n) is 7.64. The fourth-order valence-electron chi connectivity index (χ4n) is 2.77. The largest absolute Gasteiger partial charge is 0.338 e. The molecule has 1 aliphatic rings. The summed E-state index contributed by atoms with van der Waals surface area (Å²) in [5.74, 6) is 3.04. The summed E-state index contributed by atoms with van der Waals surface area (Å²) in [6.45, 7) is 3.28. The number of hydrogen-bond acceptors (Lipinski definition) is 7. The van der Waals surface area contributed by atoms with Crippen molar-refractivity contribution in [1.82, 2.24) is 35.2 Å². The van der Waals surface area contributed by atoms with Crippen molar-refractivity contribution in [1.29, 1.82) is 0 Å². The Labute approximate surface area is 133 Å². The Balaban J connectivity index is 1.38. The number of nitrogens with one attached hydrogen (secondary N) is 1. The monoisotopic (exact) mass is 311 g/mol. The third kappa shape index (κ3) is 2.98. The summed E-state index contributed by atoms with van der Waals surface area (Å²) < 4.78 is 7.28. The molecule has 8 heteroatoms. The second-order valence-electron chi connectivity index (χ2n) is 5.63. The first-order chi connectivity index (χ1) is 11.3. The van der Waals surface area contributed by atoms with Crippen LogP contribution < -0.4 is 5.32 Å². The second-order valence-corrected chi connectivity index (χ2v) is 5.63. The van der Waals surface area contributed by atoms with E-state index in [9.17, 15) is 0 Å². The van der Waals surface area contributed by atoms with E-state index in [2.05, 4.69) is 30.5 Å². The molecule has 8 nitrogen and oxygen atoms in total. The lowest BCUT2D eigenvalue weighted by Gasteiger charge is -2.22. The molecular formula is C15H17N7O. The molecule has 0 saturated heterocycles. The van der Waals surface area contributed by atoms with Gasteiger partial charge in [-0.05, 0) is 25.5 Å². The molecule has 0 fully saturated rings. The summed E-state index contributed by atoms with van der Waals surface area (Å²) in [5, 5.41) is 11.9. The van der Waals surface area contributed by atoms with Crippen molar-refractivity contribution in [2.45, 2.75) is 38.9 Å². The maximum Gasteiger partial charge on any atom is 0.240 e. The topological polar surface area (TPSA) is 94.6 Å². The Morgan fingerprint density at radius 3 is 3.22 bits per heavy atom. The molecule has 3 aromatic heterocycles. The molecule has 1 aliphatic heterocycles. The second kappa shape index (κ2) is 5.88. The zero-order valence-electron chi connectivity index (χ0n) is 12.8. The highest BCUT2D eigenvalue weighted by Gasteiger charge is 2.21. The molecule has 0 saturated carbocycles. The highest BCUT2D eigenvalue weighted by Crippen LogP contribution is 2.15. The fourth-order valence-corrected chi connectivity index (χ4v) is 2.77. The Bertz CT molecular complexity index is 795. The molecule has 0 aliphatic carbocycles. The summed E-state index contributed by atoms with van der Waals surface area (Å²) >= 11 is 0. The van der Waals surface area contributed by atoms with Crippen LogP contribution in [0.2, 0.25) is 0 Å². The van der Waals surface area contributed by atoms with Crippen molar-refractivity contribution in [3.63, 3.8) is 0 Å². The van der Waals surface area contributed by atoms with Crippen molar-refractivity contribution >= 4 is 0 Å². The van der Waals surface area contributed by atoms with E-state index in [1.165, 1.54) is 0 Å². The van der Waals surface area contributed by atoms with Gasteiger partial charge in [0, 0.05) is 30.4 Å². The summed E-state index contributed by atoms with van der Waals surface area (Å²) in [6.07, 6.45) is 5.40. The Morgan fingerprint density at radius 1 is 1.39 bits per heavy atom. The molecule has 1 atom stereocenters. The van der Waals surface area contributed by atoms with Crippen LogP contribution in [-0.4, -0.2) is 35.9 Å². The average Bonchev–Trinajstić information content (AvgIpc) is 3.18. The highest BCUT2D eigenvalue weighted by atomic mass is 16.5. The van der Waals surface area contributed by atoms with Gasteiger partial charge in [0.2, 0.25) is 11.7 Å². The van der Waals surface area contributed by atoms with Crippen molar-refractivity contribution in [2.75, 3.05) is 0 Å². The average molecular weight is 311 g/mol. The fraction of sp³-hybridized carbons (Fsp3) is 0.400. The third-order valence-electron chi connectivity index (χ3n) is 3.89. The molecule has 0 aromatic carbocycles. The van der Waals surface area contributed by atoms with Gasteiger partial charge in [0.1, 0.15) is 11.6 Å². The predicted molar refractivity (Wildman–Crippen MR) is 81.2 cm³/mol. The van der Waals surface area contributed by atoms with Gasteiger partial charge in [-0.1, -0.05) is 5.16 Å². The molecule has 0 radical (unpaired) electrons. The van der Waals surface area contributed by atoms with Gasteiger partial charge in [0.05, 0.1) is 13.1 Å². The number of aryl methyl sites for hydroxylation is 2. The first kappa shape index (κ1) is 14.0. The van der Waals surface area contributed by atoms with Crippen LogP contribution in [0.5, 0.6) is 0 Å². The number of rotatable bonds is 4. The quantitative estimate of drug-likeness (QED) is 0.772. The summed E-state index contributed by atoms with van der Waals surface area (Å²) in [5.41, 5.74) is 0.850. The first-order valence-corrected chi connectivity index (χ1v) is 7.64. The van der Waals surface area contributed by atoms with Crippen molar-refractivity contribution in [3.8, 4) is 11.4 Å². The van der Waals surface area contributed by atoms with E-state index >= 15 is 0 Å². The van der Waals surface area contributed by atoms with E-state index in [4.69, 9.17) is 4.52 Å². The van der Waals surface area contributed by atoms with Crippen molar-refractivity contribution in [2.24, 2.45) is 0 Å². The summed E-state index contributed by atoms with van der Waals surface area (Å²) in [6, 6.07) is 4.09. The molecule has 23 heavy (non-hydrogen) atoms. The molecule has 0 bridgehead atoms. The van der Waals surface area contributed by atoms with Crippen LogP contribution >= 0.6 is 0 Å². The molecule has 4 rings (SSSR count). The summed E-state index contributed by atoms with van der Waals surface area (Å²) in [4.78, 5) is 12.9. The molecule has 4 heterocycles. The molecule has 1 N–H and O–H groups in total. The summed E-state index contributed by atoms with van der Waals surface area (Å²) in [7, 11) is 0. The third-order valence-corrected chi connectivity index (χ3v) is 3.89. The maximum absolute atomic E-state index is 5.30. The van der Waals surface area contributed by atoms with Crippen LogP contribution in [-0.2, 0) is 19.5 Å². The van der Waals surface area contributed by atoms with Crippen LogP contribution in [0.3, 0.4) is 0 Å². The smallest absolute Gasteiger partial charge is 0.240 e. The highest BCUT2D eigenvalue weighted by molar-refractivity contribution is 5.51. The van der Waals surface area contributed by atoms with Crippen LogP contribution in [0.25, 0.3) is 11.4 Å². The number of hydrogen-bond donors (Lipinski definition) is 1. The van der Waals surface area contributed by atoms with Crippen LogP contribution in [0.1, 0.15) is 24.0 Å². The van der Waals surface area contributed by atoms with Gasteiger partial charge < -0.3 is 9.84 Å². The normalized spacial score (nSPS) is 17.2. The van der Waals surface area contributed by atoms with E-state index < -0.39 is 0 Å². The van der Waals surface area contributed by atoms with E-state index in [-0.39, 0.29) is 0 Å². The standard InChI is InChI=1S/C15H17N7O/c1-10-18-13-5-4-12(9-22(13)20-10)17-8-14-19-15(21-23-14)11-3-2-6-16-7-11/h2-3,6-7,12,17H,4-5,8-9H2,1H3. The molecule has 0 amide bonds. The van der Waals surface area contributed by atoms with Crippen LogP contribution in [0.15, 0.2) is 29.0 Å². The van der Waals surface area contributed by atoms with Crippen molar-refractivity contribution in [3.05, 3.63) is 42.1 Å². The lowest BCUT2D eigenvalue weighted by molar-refractivity contribution is 0.320. The maximum atomic E-state index is 5.30. The van der Waals surface area contributed by atoms with Gasteiger partial charge in [0.15, 0.2) is 0 Å².